The third-order valence-electron chi connectivity index (χ3n) is 4.43. The van der Waals surface area contributed by atoms with Gasteiger partial charge in [0, 0.05) is 44.6 Å². The van der Waals surface area contributed by atoms with Gasteiger partial charge in [0.1, 0.15) is 5.82 Å². The van der Waals surface area contributed by atoms with Crippen LogP contribution in [0.4, 0.5) is 0 Å². The lowest BCUT2D eigenvalue weighted by atomic mass is 10.2. The molecule has 3 rings (SSSR count). The van der Waals surface area contributed by atoms with Crippen LogP contribution in [0.3, 0.4) is 0 Å². The minimum Gasteiger partial charge on any atom is -0.355 e. The fraction of sp³-hybridized carbons (Fsp3) is 0.375. The average molecular weight is 363 g/mol. The van der Waals surface area contributed by atoms with E-state index < -0.39 is 10.0 Å². The molecule has 1 amide bonds. The average Bonchev–Trinajstić information content (AvgIpc) is 3.15. The maximum Gasteiger partial charge on any atom is 0.251 e. The predicted molar refractivity (Wildman–Crippen MR) is 92.5 cm³/mol. The van der Waals surface area contributed by atoms with Crippen LogP contribution < -0.4 is 5.32 Å². The highest BCUT2D eigenvalue weighted by Crippen LogP contribution is 2.26. The Labute approximate surface area is 146 Å². The number of carbonyl (C=O) groups is 1. The number of hydrogen-bond donors (Lipinski definition) is 2. The van der Waals surface area contributed by atoms with Crippen LogP contribution in [0.25, 0.3) is 0 Å². The summed E-state index contributed by atoms with van der Waals surface area (Å²) < 4.78 is 27.3. The molecule has 8 nitrogen and oxygen atoms in total. The van der Waals surface area contributed by atoms with E-state index in [4.69, 9.17) is 0 Å². The smallest absolute Gasteiger partial charge is 0.251 e. The molecule has 0 bridgehead atoms. The van der Waals surface area contributed by atoms with Crippen molar-refractivity contribution in [3.63, 3.8) is 0 Å². The Morgan fingerprint density at radius 1 is 1.28 bits per heavy atom. The Bertz CT molecular complexity index is 833. The molecule has 0 aliphatic carbocycles. The summed E-state index contributed by atoms with van der Waals surface area (Å²) in [6.07, 6.45) is 3.39. The number of hydrogen-bond acceptors (Lipinski definition) is 5. The van der Waals surface area contributed by atoms with Crippen molar-refractivity contribution in [2.75, 3.05) is 33.7 Å². The molecule has 1 aromatic heterocycles. The maximum absolute atomic E-state index is 12.9. The summed E-state index contributed by atoms with van der Waals surface area (Å²) in [4.78, 5) is 21.2. The molecule has 2 heterocycles. The number of likely N-dealkylation sites (N-methyl/N-ethyl adjacent to an activating group) is 1. The van der Waals surface area contributed by atoms with Gasteiger partial charge >= 0.3 is 0 Å². The number of H-pyrrole nitrogens is 1. The van der Waals surface area contributed by atoms with E-state index in [-0.39, 0.29) is 16.8 Å². The van der Waals surface area contributed by atoms with Crippen molar-refractivity contribution in [2.45, 2.75) is 10.9 Å². The third kappa shape index (κ3) is 3.44. The number of aromatic nitrogens is 2. The first-order valence-electron chi connectivity index (χ1n) is 7.95. The van der Waals surface area contributed by atoms with Crippen LogP contribution in [-0.4, -0.2) is 67.2 Å². The summed E-state index contributed by atoms with van der Waals surface area (Å²) >= 11 is 0. The highest BCUT2D eigenvalue weighted by Gasteiger charge is 2.34. The van der Waals surface area contributed by atoms with E-state index in [0.29, 0.717) is 25.2 Å². The molecular formula is C16H21N5O3S. The number of amides is 1. The normalized spacial score (nSPS) is 19.7. The molecule has 1 saturated heterocycles. The topological polar surface area (TPSA) is 98.4 Å². The SMILES string of the molecule is CNC(=O)c1ccc(S(=O)(=O)N2CCN(C)C(c3ncc[nH]3)C2)cc1. The summed E-state index contributed by atoms with van der Waals surface area (Å²) in [5.74, 6) is 0.499. The first-order valence-corrected chi connectivity index (χ1v) is 9.39. The second kappa shape index (κ2) is 6.95. The van der Waals surface area contributed by atoms with Crippen molar-refractivity contribution in [1.82, 2.24) is 24.5 Å². The molecule has 2 aromatic rings. The molecule has 1 aliphatic heterocycles. The largest absolute Gasteiger partial charge is 0.355 e. The second-order valence-corrected chi connectivity index (χ2v) is 7.88. The van der Waals surface area contributed by atoms with Crippen molar-refractivity contribution in [3.8, 4) is 0 Å². The summed E-state index contributed by atoms with van der Waals surface area (Å²) in [6, 6.07) is 5.86. The second-order valence-electron chi connectivity index (χ2n) is 5.94. The first-order chi connectivity index (χ1) is 11.9. The monoisotopic (exact) mass is 363 g/mol. The molecule has 1 unspecified atom stereocenters. The molecule has 0 spiro atoms. The van der Waals surface area contributed by atoms with E-state index in [9.17, 15) is 13.2 Å². The molecule has 25 heavy (non-hydrogen) atoms. The van der Waals surface area contributed by atoms with Crippen molar-refractivity contribution in [1.29, 1.82) is 0 Å². The van der Waals surface area contributed by atoms with E-state index in [1.54, 1.807) is 12.4 Å². The van der Waals surface area contributed by atoms with Gasteiger partial charge in [-0.2, -0.15) is 4.31 Å². The summed E-state index contributed by atoms with van der Waals surface area (Å²) in [5, 5.41) is 2.51. The lowest BCUT2D eigenvalue weighted by molar-refractivity contribution is 0.0963. The van der Waals surface area contributed by atoms with Gasteiger partial charge < -0.3 is 10.3 Å². The quantitative estimate of drug-likeness (QED) is 0.822. The minimum absolute atomic E-state index is 0.122. The Morgan fingerprint density at radius 2 is 2.00 bits per heavy atom. The molecule has 0 radical (unpaired) electrons. The van der Waals surface area contributed by atoms with Crippen LogP contribution in [0, 0.1) is 0 Å². The molecule has 134 valence electrons. The van der Waals surface area contributed by atoms with Crippen LogP contribution in [0.1, 0.15) is 22.2 Å². The number of aromatic amines is 1. The lowest BCUT2D eigenvalue weighted by Crippen LogP contribution is -2.49. The molecule has 1 aliphatic rings. The third-order valence-corrected chi connectivity index (χ3v) is 6.31. The van der Waals surface area contributed by atoms with E-state index in [0.717, 1.165) is 5.82 Å². The van der Waals surface area contributed by atoms with Gasteiger partial charge in [0.2, 0.25) is 10.0 Å². The van der Waals surface area contributed by atoms with Gasteiger partial charge in [-0.15, -0.1) is 0 Å². The van der Waals surface area contributed by atoms with Crippen LogP contribution in [0.15, 0.2) is 41.6 Å². The Hall–Kier alpha value is -2.23. The zero-order chi connectivity index (χ0) is 18.0. The standard InChI is InChI=1S/C16H21N5O3S/c1-17-16(22)12-3-5-13(6-4-12)25(23,24)21-10-9-20(2)14(11-21)15-18-7-8-19-15/h3-8,14H,9-11H2,1-2H3,(H,17,22)(H,18,19). The van der Waals surface area contributed by atoms with Gasteiger partial charge in [-0.05, 0) is 31.3 Å². The molecule has 2 N–H and O–H groups in total. The number of carbonyl (C=O) groups excluding carboxylic acids is 1. The predicted octanol–water partition coefficient (Wildman–Crippen LogP) is 0.447. The van der Waals surface area contributed by atoms with Gasteiger partial charge in [0.05, 0.1) is 10.9 Å². The summed E-state index contributed by atoms with van der Waals surface area (Å²) in [7, 11) is -0.138. The van der Waals surface area contributed by atoms with E-state index in [1.807, 2.05) is 7.05 Å². The first kappa shape index (κ1) is 17.6. The molecule has 1 atom stereocenters. The number of nitrogens with one attached hydrogen (secondary N) is 2. The number of piperazine rings is 1. The molecule has 9 heteroatoms. The van der Waals surface area contributed by atoms with Crippen molar-refractivity contribution in [2.24, 2.45) is 0 Å². The van der Waals surface area contributed by atoms with E-state index >= 15 is 0 Å². The molecular weight excluding hydrogens is 342 g/mol. The van der Waals surface area contributed by atoms with E-state index in [1.165, 1.54) is 35.6 Å². The molecule has 1 aromatic carbocycles. The van der Waals surface area contributed by atoms with Gasteiger partial charge in [-0.25, -0.2) is 13.4 Å². The van der Waals surface area contributed by atoms with Crippen molar-refractivity contribution >= 4 is 15.9 Å². The van der Waals surface area contributed by atoms with Crippen molar-refractivity contribution in [3.05, 3.63) is 48.0 Å². The van der Waals surface area contributed by atoms with Gasteiger partial charge in [-0.1, -0.05) is 0 Å². The fourth-order valence-corrected chi connectivity index (χ4v) is 4.33. The maximum atomic E-state index is 12.9. The Kier molecular flexibility index (Phi) is 4.89. The number of imidazole rings is 1. The summed E-state index contributed by atoms with van der Waals surface area (Å²) in [6.45, 7) is 1.34. The van der Waals surface area contributed by atoms with Crippen LogP contribution >= 0.6 is 0 Å². The Morgan fingerprint density at radius 3 is 2.60 bits per heavy atom. The van der Waals surface area contributed by atoms with Crippen LogP contribution in [0.5, 0.6) is 0 Å². The minimum atomic E-state index is -3.63. The van der Waals surface area contributed by atoms with E-state index in [2.05, 4.69) is 20.2 Å². The zero-order valence-corrected chi connectivity index (χ0v) is 15.0. The molecule has 0 saturated carbocycles. The highest BCUT2D eigenvalue weighted by atomic mass is 32.2. The number of rotatable bonds is 4. The Balaban J connectivity index is 1.83. The number of nitrogens with zero attached hydrogens (tertiary/aromatic N) is 3. The number of sulfonamides is 1. The zero-order valence-electron chi connectivity index (χ0n) is 14.1. The number of benzene rings is 1. The summed E-state index contributed by atoms with van der Waals surface area (Å²) in [5.41, 5.74) is 0.424. The van der Waals surface area contributed by atoms with Gasteiger partial charge in [0.25, 0.3) is 5.91 Å². The van der Waals surface area contributed by atoms with Gasteiger partial charge in [0.15, 0.2) is 0 Å². The van der Waals surface area contributed by atoms with Gasteiger partial charge in [-0.3, -0.25) is 9.69 Å². The van der Waals surface area contributed by atoms with Crippen molar-refractivity contribution < 1.29 is 13.2 Å². The lowest BCUT2D eigenvalue weighted by Gasteiger charge is -2.37. The highest BCUT2D eigenvalue weighted by molar-refractivity contribution is 7.89. The van der Waals surface area contributed by atoms with Crippen LogP contribution in [-0.2, 0) is 10.0 Å². The van der Waals surface area contributed by atoms with Crippen LogP contribution in [0.2, 0.25) is 0 Å². The fourth-order valence-electron chi connectivity index (χ4n) is 2.89. The molecule has 1 fully saturated rings.